The Bertz CT molecular complexity index is 636. The Morgan fingerprint density at radius 3 is 2.70 bits per heavy atom. The van der Waals surface area contributed by atoms with E-state index >= 15 is 0 Å². The fourth-order valence-electron chi connectivity index (χ4n) is 1.56. The first-order valence-corrected chi connectivity index (χ1v) is 6.96. The average molecular weight is 358 g/mol. The van der Waals surface area contributed by atoms with E-state index in [1.165, 1.54) is 12.1 Å². The van der Waals surface area contributed by atoms with Crippen LogP contribution < -0.4 is 10.6 Å². The molecule has 0 fully saturated rings. The lowest BCUT2D eigenvalue weighted by molar-refractivity contribution is -0.114. The van der Waals surface area contributed by atoms with Crippen molar-refractivity contribution in [3.63, 3.8) is 0 Å². The molecule has 2 N–H and O–H groups in total. The Morgan fingerprint density at radius 1 is 1.20 bits per heavy atom. The van der Waals surface area contributed by atoms with Crippen LogP contribution in [-0.4, -0.2) is 12.5 Å². The summed E-state index contributed by atoms with van der Waals surface area (Å²) in [6.45, 7) is 0.0353. The Hall–Kier alpha value is -1.59. The summed E-state index contributed by atoms with van der Waals surface area (Å²) < 4.78 is 14.1. The molecule has 0 saturated carbocycles. The van der Waals surface area contributed by atoms with E-state index in [0.29, 0.717) is 11.4 Å². The minimum absolute atomic E-state index is 0.0353. The van der Waals surface area contributed by atoms with Gasteiger partial charge >= 0.3 is 0 Å². The van der Waals surface area contributed by atoms with Crippen LogP contribution in [0.5, 0.6) is 0 Å². The maximum absolute atomic E-state index is 13.2. The number of amides is 1. The van der Waals surface area contributed by atoms with Crippen molar-refractivity contribution in [2.45, 2.75) is 0 Å². The second kappa shape index (κ2) is 6.72. The number of carbonyl (C=O) groups is 1. The first kappa shape index (κ1) is 14.8. The average Bonchev–Trinajstić information content (AvgIpc) is 2.40. The van der Waals surface area contributed by atoms with E-state index in [0.717, 1.165) is 4.47 Å². The van der Waals surface area contributed by atoms with Crippen molar-refractivity contribution < 1.29 is 9.18 Å². The number of halogens is 3. The summed E-state index contributed by atoms with van der Waals surface area (Å²) >= 11 is 8.90. The van der Waals surface area contributed by atoms with E-state index in [1.54, 1.807) is 18.2 Å². The number of carbonyl (C=O) groups excluding carboxylic acids is 1. The van der Waals surface area contributed by atoms with E-state index in [2.05, 4.69) is 26.6 Å². The lowest BCUT2D eigenvalue weighted by Gasteiger charge is -2.08. The highest BCUT2D eigenvalue weighted by molar-refractivity contribution is 9.10. The van der Waals surface area contributed by atoms with E-state index < -0.39 is 5.82 Å². The standard InChI is InChI=1S/C14H11BrClFN2O/c15-9-2-1-3-11(6-9)19-14(20)8-18-10-4-5-12(16)13(17)7-10/h1-7,18H,8H2,(H,19,20). The van der Waals surface area contributed by atoms with Crippen molar-refractivity contribution in [2.75, 3.05) is 17.2 Å². The lowest BCUT2D eigenvalue weighted by atomic mass is 10.3. The highest BCUT2D eigenvalue weighted by Crippen LogP contribution is 2.19. The third-order valence-electron chi connectivity index (χ3n) is 2.48. The van der Waals surface area contributed by atoms with Crippen LogP contribution in [0.4, 0.5) is 15.8 Å². The molecule has 0 aromatic heterocycles. The fraction of sp³-hybridized carbons (Fsp3) is 0.0714. The molecule has 104 valence electrons. The van der Waals surface area contributed by atoms with Gasteiger partial charge in [0.1, 0.15) is 5.82 Å². The molecule has 2 aromatic carbocycles. The van der Waals surface area contributed by atoms with E-state index in [1.807, 2.05) is 12.1 Å². The van der Waals surface area contributed by atoms with E-state index in [9.17, 15) is 9.18 Å². The number of hydrogen-bond acceptors (Lipinski definition) is 2. The maximum atomic E-state index is 13.2. The Kier molecular flexibility index (Phi) is 4.98. The minimum Gasteiger partial charge on any atom is -0.376 e. The van der Waals surface area contributed by atoms with Crippen LogP contribution in [0.1, 0.15) is 0 Å². The second-order valence-electron chi connectivity index (χ2n) is 4.04. The lowest BCUT2D eigenvalue weighted by Crippen LogP contribution is -2.21. The van der Waals surface area contributed by atoms with E-state index in [4.69, 9.17) is 11.6 Å². The van der Waals surface area contributed by atoms with Crippen molar-refractivity contribution in [3.8, 4) is 0 Å². The first-order valence-electron chi connectivity index (χ1n) is 5.79. The highest BCUT2D eigenvalue weighted by atomic mass is 79.9. The van der Waals surface area contributed by atoms with Crippen LogP contribution in [0.2, 0.25) is 5.02 Å². The highest BCUT2D eigenvalue weighted by Gasteiger charge is 2.04. The third kappa shape index (κ3) is 4.21. The molecule has 0 unspecified atom stereocenters. The number of nitrogens with one attached hydrogen (secondary N) is 2. The SMILES string of the molecule is O=C(CNc1ccc(Cl)c(F)c1)Nc1cccc(Br)c1. The summed E-state index contributed by atoms with van der Waals surface area (Å²) in [6.07, 6.45) is 0. The third-order valence-corrected chi connectivity index (χ3v) is 3.28. The van der Waals surface area contributed by atoms with Gasteiger partial charge in [-0.2, -0.15) is 0 Å². The zero-order valence-electron chi connectivity index (χ0n) is 10.3. The molecule has 0 aliphatic heterocycles. The summed E-state index contributed by atoms with van der Waals surface area (Å²) in [6, 6.07) is 11.6. The molecule has 0 bridgehead atoms. The van der Waals surface area contributed by atoms with Gasteiger partial charge in [-0.05, 0) is 36.4 Å². The van der Waals surface area contributed by atoms with Crippen LogP contribution in [0.25, 0.3) is 0 Å². The summed E-state index contributed by atoms with van der Waals surface area (Å²) in [5, 5.41) is 5.60. The smallest absolute Gasteiger partial charge is 0.243 e. The molecule has 2 rings (SSSR count). The molecule has 0 spiro atoms. The van der Waals surface area contributed by atoms with Gasteiger partial charge in [0.25, 0.3) is 0 Å². The molecule has 0 radical (unpaired) electrons. The van der Waals surface area contributed by atoms with Gasteiger partial charge in [-0.3, -0.25) is 4.79 Å². The van der Waals surface area contributed by atoms with Crippen molar-refractivity contribution in [1.82, 2.24) is 0 Å². The van der Waals surface area contributed by atoms with Crippen LogP contribution in [0, 0.1) is 5.82 Å². The number of rotatable bonds is 4. The van der Waals surface area contributed by atoms with Crippen LogP contribution in [0.3, 0.4) is 0 Å². The molecular formula is C14H11BrClFN2O. The van der Waals surface area contributed by atoms with E-state index in [-0.39, 0.29) is 17.5 Å². The van der Waals surface area contributed by atoms with Gasteiger partial charge in [-0.25, -0.2) is 4.39 Å². The fourth-order valence-corrected chi connectivity index (χ4v) is 2.08. The van der Waals surface area contributed by atoms with Gasteiger partial charge in [0, 0.05) is 15.8 Å². The summed E-state index contributed by atoms with van der Waals surface area (Å²) in [5.41, 5.74) is 1.18. The van der Waals surface area contributed by atoms with Crippen molar-refractivity contribution in [1.29, 1.82) is 0 Å². The topological polar surface area (TPSA) is 41.1 Å². The van der Waals surface area contributed by atoms with Crippen molar-refractivity contribution >= 4 is 44.8 Å². The monoisotopic (exact) mass is 356 g/mol. The molecule has 6 heteroatoms. The summed E-state index contributed by atoms with van der Waals surface area (Å²) in [5.74, 6) is -0.748. The van der Waals surface area contributed by atoms with Gasteiger partial charge < -0.3 is 10.6 Å². The predicted octanol–water partition coefficient (Wildman–Crippen LogP) is 4.29. The molecule has 0 atom stereocenters. The van der Waals surface area contributed by atoms with Gasteiger partial charge in [-0.1, -0.05) is 33.6 Å². The van der Waals surface area contributed by atoms with Gasteiger partial charge in [0.15, 0.2) is 0 Å². The molecule has 3 nitrogen and oxygen atoms in total. The number of benzene rings is 2. The Balaban J connectivity index is 1.90. The van der Waals surface area contributed by atoms with Gasteiger partial charge in [-0.15, -0.1) is 0 Å². The molecular weight excluding hydrogens is 347 g/mol. The van der Waals surface area contributed by atoms with Crippen molar-refractivity contribution in [2.24, 2.45) is 0 Å². The molecule has 0 aliphatic carbocycles. The maximum Gasteiger partial charge on any atom is 0.243 e. The normalized spacial score (nSPS) is 10.2. The molecule has 0 saturated heterocycles. The molecule has 20 heavy (non-hydrogen) atoms. The first-order chi connectivity index (χ1) is 9.54. The quantitative estimate of drug-likeness (QED) is 0.857. The zero-order chi connectivity index (χ0) is 14.5. The van der Waals surface area contributed by atoms with Gasteiger partial charge in [0.2, 0.25) is 5.91 Å². The largest absolute Gasteiger partial charge is 0.376 e. The summed E-state index contributed by atoms with van der Waals surface area (Å²) in [7, 11) is 0. The number of hydrogen-bond donors (Lipinski definition) is 2. The van der Waals surface area contributed by atoms with Crippen LogP contribution in [-0.2, 0) is 4.79 Å². The van der Waals surface area contributed by atoms with Crippen LogP contribution >= 0.6 is 27.5 Å². The Morgan fingerprint density at radius 2 is 2.00 bits per heavy atom. The molecule has 2 aromatic rings. The minimum atomic E-state index is -0.524. The summed E-state index contributed by atoms with van der Waals surface area (Å²) in [4.78, 5) is 11.7. The number of anilines is 2. The molecule has 1 amide bonds. The molecule has 0 heterocycles. The van der Waals surface area contributed by atoms with Crippen LogP contribution in [0.15, 0.2) is 46.9 Å². The predicted molar refractivity (Wildman–Crippen MR) is 82.7 cm³/mol. The second-order valence-corrected chi connectivity index (χ2v) is 5.36. The van der Waals surface area contributed by atoms with Gasteiger partial charge in [0.05, 0.1) is 11.6 Å². The zero-order valence-corrected chi connectivity index (χ0v) is 12.6. The molecule has 0 aliphatic rings. The van der Waals surface area contributed by atoms with Crippen molar-refractivity contribution in [3.05, 3.63) is 57.8 Å². The Labute approximate surface area is 129 Å².